The first-order valence-electron chi connectivity index (χ1n) is 5.25. The van der Waals surface area contributed by atoms with Gasteiger partial charge in [0.15, 0.2) is 0 Å². The van der Waals surface area contributed by atoms with Crippen LogP contribution >= 0.6 is 12.4 Å². The molecule has 0 spiro atoms. The lowest BCUT2D eigenvalue weighted by Gasteiger charge is -2.07. The molecule has 0 aromatic heterocycles. The lowest BCUT2D eigenvalue weighted by Crippen LogP contribution is -2.09. The molecule has 1 atom stereocenters. The fraction of sp³-hybridized carbons (Fsp3) is 0.417. The molecule has 4 heteroatoms. The first kappa shape index (κ1) is 13.0. The van der Waals surface area contributed by atoms with Gasteiger partial charge >= 0.3 is 0 Å². The highest BCUT2D eigenvalue weighted by atomic mass is 35.5. The topological polar surface area (TPSA) is 24.4 Å². The minimum Gasteiger partial charge on any atom is -0.342 e. The van der Waals surface area contributed by atoms with Crippen molar-refractivity contribution in [1.29, 1.82) is 0 Å². The van der Waals surface area contributed by atoms with Gasteiger partial charge in [0, 0.05) is 12.5 Å². The number of halogens is 2. The second kappa shape index (κ2) is 5.30. The Bertz CT molecular complexity index is 404. The van der Waals surface area contributed by atoms with Gasteiger partial charge in [-0.25, -0.2) is 4.39 Å². The van der Waals surface area contributed by atoms with Crippen molar-refractivity contribution in [2.75, 3.05) is 5.32 Å². The van der Waals surface area contributed by atoms with Gasteiger partial charge in [-0.15, -0.1) is 12.4 Å². The second-order valence-electron chi connectivity index (χ2n) is 4.07. The summed E-state index contributed by atoms with van der Waals surface area (Å²) in [5.41, 5.74) is 1.58. The molecule has 0 saturated heterocycles. The number of aryl methyl sites for hydroxylation is 1. The summed E-state index contributed by atoms with van der Waals surface area (Å²) in [6.07, 6.45) is 1.96. The lowest BCUT2D eigenvalue weighted by molar-refractivity contribution is 0.631. The fourth-order valence-electron chi connectivity index (χ4n) is 1.73. The predicted molar refractivity (Wildman–Crippen MR) is 68.1 cm³/mol. The number of rotatable bonds is 1. The van der Waals surface area contributed by atoms with Gasteiger partial charge in [0.05, 0.1) is 5.69 Å². The van der Waals surface area contributed by atoms with Crippen LogP contribution in [0.3, 0.4) is 0 Å². The molecule has 0 bridgehead atoms. The van der Waals surface area contributed by atoms with E-state index in [4.69, 9.17) is 0 Å². The van der Waals surface area contributed by atoms with E-state index in [-0.39, 0.29) is 18.2 Å². The van der Waals surface area contributed by atoms with E-state index < -0.39 is 0 Å². The molecular formula is C12H16ClFN2. The van der Waals surface area contributed by atoms with Gasteiger partial charge in [-0.1, -0.05) is 6.07 Å². The van der Waals surface area contributed by atoms with Crippen LogP contribution in [0, 0.1) is 12.7 Å². The highest BCUT2D eigenvalue weighted by molar-refractivity contribution is 5.96. The summed E-state index contributed by atoms with van der Waals surface area (Å²) in [7, 11) is 0. The summed E-state index contributed by atoms with van der Waals surface area (Å²) in [5, 5.41) is 3.06. The number of amidine groups is 1. The number of nitrogens with zero attached hydrogens (tertiary/aromatic N) is 1. The molecule has 0 saturated carbocycles. The molecule has 1 N–H and O–H groups in total. The highest BCUT2D eigenvalue weighted by Crippen LogP contribution is 2.19. The Morgan fingerprint density at radius 2 is 2.19 bits per heavy atom. The van der Waals surface area contributed by atoms with Crippen molar-refractivity contribution < 1.29 is 4.39 Å². The van der Waals surface area contributed by atoms with Crippen LogP contribution in [0.5, 0.6) is 0 Å². The maximum Gasteiger partial charge on any atom is 0.146 e. The van der Waals surface area contributed by atoms with Crippen molar-refractivity contribution in [3.63, 3.8) is 0 Å². The Balaban J connectivity index is 0.00000128. The van der Waals surface area contributed by atoms with Crippen LogP contribution in [0.25, 0.3) is 0 Å². The molecule has 1 aromatic carbocycles. The Hall–Kier alpha value is -1.09. The van der Waals surface area contributed by atoms with Gasteiger partial charge < -0.3 is 5.32 Å². The van der Waals surface area contributed by atoms with E-state index in [0.29, 0.717) is 11.7 Å². The van der Waals surface area contributed by atoms with E-state index in [9.17, 15) is 4.39 Å². The number of hydrogen-bond acceptors (Lipinski definition) is 2. The van der Waals surface area contributed by atoms with Crippen molar-refractivity contribution in [3.05, 3.63) is 29.6 Å². The summed E-state index contributed by atoms with van der Waals surface area (Å²) in [6.45, 7) is 4.02. The van der Waals surface area contributed by atoms with Gasteiger partial charge in [-0.05, 0) is 38.0 Å². The Morgan fingerprint density at radius 1 is 1.44 bits per heavy atom. The monoisotopic (exact) mass is 242 g/mol. The third-order valence-electron chi connectivity index (χ3n) is 2.58. The number of benzene rings is 1. The number of aliphatic imine (C=N–C) groups is 1. The summed E-state index contributed by atoms with van der Waals surface area (Å²) in [4.78, 5) is 4.39. The molecule has 0 fully saturated rings. The zero-order valence-corrected chi connectivity index (χ0v) is 10.3. The number of nitrogens with one attached hydrogen (secondary N) is 1. The van der Waals surface area contributed by atoms with Crippen LogP contribution in [0.1, 0.15) is 25.3 Å². The van der Waals surface area contributed by atoms with Crippen molar-refractivity contribution in [3.8, 4) is 0 Å². The summed E-state index contributed by atoms with van der Waals surface area (Å²) in [6, 6.07) is 5.41. The number of hydrogen-bond donors (Lipinski definition) is 1. The summed E-state index contributed by atoms with van der Waals surface area (Å²) in [5.74, 6) is 0.676. The first-order chi connectivity index (χ1) is 7.15. The van der Waals surface area contributed by atoms with Crippen molar-refractivity contribution >= 4 is 23.9 Å². The average molecular weight is 243 g/mol. The maximum atomic E-state index is 13.4. The standard InChI is InChI=1S/C12H15FN2.ClH/c1-8-3-5-10(13)11(7-8)15-12-6-4-9(2)14-12;/h3,5,7,9H,4,6H2,1-2H3,(H,14,15);1H. The largest absolute Gasteiger partial charge is 0.342 e. The zero-order valence-electron chi connectivity index (χ0n) is 9.46. The third-order valence-corrected chi connectivity index (χ3v) is 2.58. The van der Waals surface area contributed by atoms with Crippen LogP contribution in [-0.2, 0) is 0 Å². The molecular weight excluding hydrogens is 227 g/mol. The third kappa shape index (κ3) is 2.95. The minimum atomic E-state index is -0.220. The van der Waals surface area contributed by atoms with E-state index in [1.807, 2.05) is 6.92 Å². The Morgan fingerprint density at radius 3 is 2.81 bits per heavy atom. The van der Waals surface area contributed by atoms with E-state index in [1.165, 1.54) is 6.07 Å². The molecule has 0 amide bonds. The normalized spacial score (nSPS) is 18.9. The molecule has 2 rings (SSSR count). The minimum absolute atomic E-state index is 0. The SMILES string of the molecule is Cc1ccc(F)c(NC2=NC(C)CC2)c1.Cl. The molecule has 88 valence electrons. The quantitative estimate of drug-likeness (QED) is 0.800. The fourth-order valence-corrected chi connectivity index (χ4v) is 1.73. The second-order valence-corrected chi connectivity index (χ2v) is 4.07. The molecule has 1 aliphatic heterocycles. The van der Waals surface area contributed by atoms with Gasteiger partial charge in [0.2, 0.25) is 0 Å². The maximum absolute atomic E-state index is 13.4. The molecule has 2 nitrogen and oxygen atoms in total. The first-order valence-corrected chi connectivity index (χ1v) is 5.25. The van der Waals surface area contributed by atoms with Crippen LogP contribution in [0.15, 0.2) is 23.2 Å². The molecule has 16 heavy (non-hydrogen) atoms. The Kier molecular flexibility index (Phi) is 4.30. The van der Waals surface area contributed by atoms with Crippen molar-refractivity contribution in [1.82, 2.24) is 0 Å². The van der Waals surface area contributed by atoms with Crippen LogP contribution in [0.2, 0.25) is 0 Å². The zero-order chi connectivity index (χ0) is 10.8. The molecule has 1 aliphatic rings. The molecule has 1 unspecified atom stereocenters. The molecule has 1 aromatic rings. The molecule has 0 aliphatic carbocycles. The molecule has 1 heterocycles. The van der Waals surface area contributed by atoms with Gasteiger partial charge in [0.1, 0.15) is 11.7 Å². The smallest absolute Gasteiger partial charge is 0.146 e. The predicted octanol–water partition coefficient (Wildman–Crippen LogP) is 3.55. The van der Waals surface area contributed by atoms with E-state index >= 15 is 0 Å². The van der Waals surface area contributed by atoms with Gasteiger partial charge in [0.25, 0.3) is 0 Å². The summed E-state index contributed by atoms with van der Waals surface area (Å²) < 4.78 is 13.4. The van der Waals surface area contributed by atoms with Crippen LogP contribution in [0.4, 0.5) is 10.1 Å². The highest BCUT2D eigenvalue weighted by Gasteiger charge is 2.14. The van der Waals surface area contributed by atoms with E-state index in [2.05, 4.69) is 17.2 Å². The average Bonchev–Trinajstić information content (AvgIpc) is 2.58. The summed E-state index contributed by atoms with van der Waals surface area (Å²) >= 11 is 0. The molecule has 0 radical (unpaired) electrons. The van der Waals surface area contributed by atoms with Crippen molar-refractivity contribution in [2.24, 2.45) is 4.99 Å². The van der Waals surface area contributed by atoms with E-state index in [1.54, 1.807) is 12.1 Å². The van der Waals surface area contributed by atoms with Crippen LogP contribution in [-0.4, -0.2) is 11.9 Å². The van der Waals surface area contributed by atoms with Gasteiger partial charge in [-0.3, -0.25) is 4.99 Å². The van der Waals surface area contributed by atoms with Crippen molar-refractivity contribution in [2.45, 2.75) is 32.7 Å². The lowest BCUT2D eigenvalue weighted by atomic mass is 10.2. The van der Waals surface area contributed by atoms with E-state index in [0.717, 1.165) is 24.2 Å². The number of anilines is 1. The van der Waals surface area contributed by atoms with Crippen LogP contribution < -0.4 is 5.32 Å². The Labute approximate surface area is 101 Å². The van der Waals surface area contributed by atoms with Gasteiger partial charge in [-0.2, -0.15) is 0 Å².